The zero-order valence-electron chi connectivity index (χ0n) is 14.3. The van der Waals surface area contributed by atoms with E-state index in [-0.39, 0.29) is 5.91 Å². The Kier molecular flexibility index (Phi) is 4.83. The van der Waals surface area contributed by atoms with E-state index in [4.69, 9.17) is 0 Å². The number of nitrogens with one attached hydrogen (secondary N) is 1. The van der Waals surface area contributed by atoms with Gasteiger partial charge in [-0.3, -0.25) is 4.79 Å². The highest BCUT2D eigenvalue weighted by Gasteiger charge is 2.24. The first-order valence-electron chi connectivity index (χ1n) is 8.93. The van der Waals surface area contributed by atoms with Crippen molar-refractivity contribution < 1.29 is 4.79 Å². The second-order valence-electron chi connectivity index (χ2n) is 7.74. The fraction of sp³-hybridized carbons (Fsp3) is 0.722. The number of amides is 1. The summed E-state index contributed by atoms with van der Waals surface area (Å²) in [5, 5.41) is 11.5. The van der Waals surface area contributed by atoms with E-state index in [9.17, 15) is 4.79 Å². The van der Waals surface area contributed by atoms with Gasteiger partial charge in [0.2, 0.25) is 0 Å². The second-order valence-corrected chi connectivity index (χ2v) is 7.74. The van der Waals surface area contributed by atoms with Crippen molar-refractivity contribution in [2.75, 3.05) is 18.0 Å². The Bertz CT molecular complexity index is 534. The lowest BCUT2D eigenvalue weighted by Crippen LogP contribution is -2.33. The van der Waals surface area contributed by atoms with Crippen LogP contribution in [0, 0.1) is 5.41 Å². The molecule has 0 unspecified atom stereocenters. The third-order valence-corrected chi connectivity index (χ3v) is 5.24. The van der Waals surface area contributed by atoms with Gasteiger partial charge in [0.1, 0.15) is 0 Å². The molecule has 0 radical (unpaired) electrons. The van der Waals surface area contributed by atoms with Crippen LogP contribution in [0.1, 0.15) is 69.3 Å². The van der Waals surface area contributed by atoms with Crippen LogP contribution in [0.25, 0.3) is 0 Å². The van der Waals surface area contributed by atoms with E-state index in [1.54, 1.807) is 0 Å². The predicted molar refractivity (Wildman–Crippen MR) is 91.6 cm³/mol. The van der Waals surface area contributed by atoms with E-state index < -0.39 is 0 Å². The Labute approximate surface area is 138 Å². The van der Waals surface area contributed by atoms with Crippen LogP contribution in [0.5, 0.6) is 0 Å². The number of carbonyl (C=O) groups is 1. The smallest absolute Gasteiger partial charge is 0.272 e. The van der Waals surface area contributed by atoms with Crippen LogP contribution in [0.3, 0.4) is 0 Å². The van der Waals surface area contributed by atoms with Crippen LogP contribution in [0.2, 0.25) is 0 Å². The first-order valence-corrected chi connectivity index (χ1v) is 8.93. The highest BCUT2D eigenvalue weighted by molar-refractivity contribution is 5.92. The molecule has 23 heavy (non-hydrogen) atoms. The van der Waals surface area contributed by atoms with Gasteiger partial charge in [-0.15, -0.1) is 10.2 Å². The molecule has 0 aromatic carbocycles. The maximum Gasteiger partial charge on any atom is 0.272 e. The van der Waals surface area contributed by atoms with Gasteiger partial charge in [0, 0.05) is 19.1 Å². The van der Waals surface area contributed by atoms with Crippen molar-refractivity contribution in [3.63, 3.8) is 0 Å². The molecule has 0 bridgehead atoms. The lowest BCUT2D eigenvalue weighted by atomic mass is 9.85. The number of anilines is 1. The van der Waals surface area contributed by atoms with Crippen LogP contribution in [0.15, 0.2) is 12.1 Å². The van der Waals surface area contributed by atoms with Crippen molar-refractivity contribution in [3.05, 3.63) is 17.8 Å². The van der Waals surface area contributed by atoms with Crippen molar-refractivity contribution in [3.8, 4) is 0 Å². The van der Waals surface area contributed by atoms with Gasteiger partial charge in [-0.2, -0.15) is 0 Å². The first kappa shape index (κ1) is 16.2. The molecule has 1 N–H and O–H groups in total. The van der Waals surface area contributed by atoms with E-state index in [0.29, 0.717) is 17.2 Å². The van der Waals surface area contributed by atoms with E-state index in [1.807, 2.05) is 12.1 Å². The van der Waals surface area contributed by atoms with Crippen LogP contribution in [0.4, 0.5) is 5.82 Å². The van der Waals surface area contributed by atoms with Gasteiger partial charge in [-0.25, -0.2) is 0 Å². The summed E-state index contributed by atoms with van der Waals surface area (Å²) in [5.41, 5.74) is 0.833. The molecule has 0 spiro atoms. The van der Waals surface area contributed by atoms with Crippen molar-refractivity contribution in [2.24, 2.45) is 5.41 Å². The van der Waals surface area contributed by atoms with Crippen LogP contribution >= 0.6 is 0 Å². The van der Waals surface area contributed by atoms with Gasteiger partial charge in [0.25, 0.3) is 5.91 Å². The Morgan fingerprint density at radius 2 is 1.91 bits per heavy atom. The SMILES string of the molecule is CC1(C)CCCN(c2ccc(C(=O)NC3CCCC3)nn2)CC1. The zero-order valence-corrected chi connectivity index (χ0v) is 14.3. The number of hydrogen-bond donors (Lipinski definition) is 1. The monoisotopic (exact) mass is 316 g/mol. The summed E-state index contributed by atoms with van der Waals surface area (Å²) in [6, 6.07) is 4.06. The molecular formula is C18H28N4O. The van der Waals surface area contributed by atoms with E-state index >= 15 is 0 Å². The summed E-state index contributed by atoms with van der Waals surface area (Å²) in [6.07, 6.45) is 8.18. The maximum atomic E-state index is 12.2. The van der Waals surface area contributed by atoms with Crippen molar-refractivity contribution in [1.82, 2.24) is 15.5 Å². The molecule has 1 aromatic rings. The minimum Gasteiger partial charge on any atom is -0.355 e. The molecule has 1 aromatic heterocycles. The van der Waals surface area contributed by atoms with E-state index in [1.165, 1.54) is 32.1 Å². The van der Waals surface area contributed by atoms with Crippen molar-refractivity contribution in [1.29, 1.82) is 0 Å². The minimum atomic E-state index is -0.0899. The van der Waals surface area contributed by atoms with Crippen LogP contribution in [-0.2, 0) is 0 Å². The highest BCUT2D eigenvalue weighted by atomic mass is 16.2. The number of aromatic nitrogens is 2. The summed E-state index contributed by atoms with van der Waals surface area (Å²) in [5.74, 6) is 0.799. The lowest BCUT2D eigenvalue weighted by Gasteiger charge is -2.23. The molecule has 1 amide bonds. The van der Waals surface area contributed by atoms with E-state index in [0.717, 1.165) is 31.7 Å². The zero-order chi connectivity index (χ0) is 16.3. The fourth-order valence-electron chi connectivity index (χ4n) is 3.60. The quantitative estimate of drug-likeness (QED) is 0.930. The fourth-order valence-corrected chi connectivity index (χ4v) is 3.60. The molecule has 1 saturated heterocycles. The highest BCUT2D eigenvalue weighted by Crippen LogP contribution is 2.31. The Hall–Kier alpha value is -1.65. The Balaban J connectivity index is 1.61. The van der Waals surface area contributed by atoms with Gasteiger partial charge in [0.05, 0.1) is 0 Å². The molecule has 5 nitrogen and oxygen atoms in total. The summed E-state index contributed by atoms with van der Waals surface area (Å²) in [6.45, 7) is 6.69. The Morgan fingerprint density at radius 3 is 2.61 bits per heavy atom. The molecule has 1 saturated carbocycles. The van der Waals surface area contributed by atoms with Crippen molar-refractivity contribution >= 4 is 11.7 Å². The summed E-state index contributed by atoms with van der Waals surface area (Å²) in [7, 11) is 0. The number of nitrogens with zero attached hydrogens (tertiary/aromatic N) is 3. The molecular weight excluding hydrogens is 288 g/mol. The van der Waals surface area contributed by atoms with Crippen LogP contribution in [-0.4, -0.2) is 35.2 Å². The molecule has 1 aliphatic carbocycles. The Morgan fingerprint density at radius 1 is 1.13 bits per heavy atom. The molecule has 3 rings (SSSR count). The molecule has 2 fully saturated rings. The minimum absolute atomic E-state index is 0.0899. The maximum absolute atomic E-state index is 12.2. The topological polar surface area (TPSA) is 58.1 Å². The van der Waals surface area contributed by atoms with Gasteiger partial charge in [-0.1, -0.05) is 26.7 Å². The molecule has 2 aliphatic rings. The first-order chi connectivity index (χ1) is 11.0. The van der Waals surface area contributed by atoms with Gasteiger partial charge < -0.3 is 10.2 Å². The predicted octanol–water partition coefficient (Wildman–Crippen LogP) is 3.17. The summed E-state index contributed by atoms with van der Waals surface area (Å²) < 4.78 is 0. The average molecular weight is 316 g/mol. The summed E-state index contributed by atoms with van der Waals surface area (Å²) >= 11 is 0. The average Bonchev–Trinajstić information content (AvgIpc) is 2.96. The summed E-state index contributed by atoms with van der Waals surface area (Å²) in [4.78, 5) is 14.5. The molecule has 5 heteroatoms. The number of rotatable bonds is 3. The molecule has 0 atom stereocenters. The second kappa shape index (κ2) is 6.85. The number of hydrogen-bond acceptors (Lipinski definition) is 4. The van der Waals surface area contributed by atoms with Crippen LogP contribution < -0.4 is 10.2 Å². The number of carbonyl (C=O) groups excluding carboxylic acids is 1. The van der Waals surface area contributed by atoms with Gasteiger partial charge in [0.15, 0.2) is 11.5 Å². The molecule has 1 aliphatic heterocycles. The normalized spacial score (nSPS) is 21.9. The molecule has 2 heterocycles. The van der Waals surface area contributed by atoms with Gasteiger partial charge >= 0.3 is 0 Å². The largest absolute Gasteiger partial charge is 0.355 e. The van der Waals surface area contributed by atoms with Crippen molar-refractivity contribution in [2.45, 2.75) is 64.8 Å². The lowest BCUT2D eigenvalue weighted by molar-refractivity contribution is 0.0932. The van der Waals surface area contributed by atoms with E-state index in [2.05, 4.69) is 34.3 Å². The third kappa shape index (κ3) is 4.21. The van der Waals surface area contributed by atoms with Gasteiger partial charge in [-0.05, 0) is 49.7 Å². The standard InChI is InChI=1S/C18H28N4O/c1-18(2)10-5-12-22(13-11-18)16-9-8-15(20-21-16)17(23)19-14-6-3-4-7-14/h8-9,14H,3-7,10-13H2,1-2H3,(H,19,23). The molecule has 126 valence electrons. The third-order valence-electron chi connectivity index (χ3n) is 5.24.